The molecule has 0 saturated carbocycles. The average Bonchev–Trinajstić information content (AvgIpc) is 2.70. The molecule has 0 aliphatic carbocycles. The maximum Gasteiger partial charge on any atom is 0.303 e. The quantitative estimate of drug-likeness (QED) is 0.567. The second-order valence-corrected chi connectivity index (χ2v) is 8.81. The lowest BCUT2D eigenvalue weighted by atomic mass is 9.99. The number of amides is 1. The zero-order valence-corrected chi connectivity index (χ0v) is 16.9. The summed E-state index contributed by atoms with van der Waals surface area (Å²) in [6.45, 7) is 1.03. The third-order valence-corrected chi connectivity index (χ3v) is 6.70. The van der Waals surface area contributed by atoms with Crippen molar-refractivity contribution < 1.29 is 27.9 Å². The predicted octanol–water partition coefficient (Wildman–Crippen LogP) is 1.86. The topological polar surface area (TPSA) is 113 Å². The second-order valence-electron chi connectivity index (χ2n) is 6.87. The van der Waals surface area contributed by atoms with Gasteiger partial charge in [-0.2, -0.15) is 4.31 Å². The Hall–Kier alpha value is -2.13. The number of benzene rings is 1. The molecule has 2 rings (SSSR count). The van der Waals surface area contributed by atoms with Crippen molar-refractivity contribution in [3.63, 3.8) is 0 Å². The van der Waals surface area contributed by atoms with Crippen LogP contribution in [0.4, 0.5) is 0 Å². The number of methoxy groups -OCH3 is 1. The Morgan fingerprint density at radius 2 is 1.93 bits per heavy atom. The number of nitrogens with zero attached hydrogens (tertiary/aromatic N) is 1. The van der Waals surface area contributed by atoms with Crippen molar-refractivity contribution in [2.24, 2.45) is 5.92 Å². The van der Waals surface area contributed by atoms with Gasteiger partial charge >= 0.3 is 5.97 Å². The van der Waals surface area contributed by atoms with Gasteiger partial charge in [-0.3, -0.25) is 9.59 Å². The highest BCUT2D eigenvalue weighted by atomic mass is 32.2. The second kappa shape index (κ2) is 10.4. The summed E-state index contributed by atoms with van der Waals surface area (Å²) < 4.78 is 32.1. The summed E-state index contributed by atoms with van der Waals surface area (Å²) in [6, 6.07) is 6.22. The predicted molar refractivity (Wildman–Crippen MR) is 104 cm³/mol. The van der Waals surface area contributed by atoms with E-state index >= 15 is 0 Å². The molecule has 0 bridgehead atoms. The maximum atomic E-state index is 12.8. The zero-order chi connectivity index (χ0) is 20.6. The van der Waals surface area contributed by atoms with Crippen LogP contribution in [0.1, 0.15) is 38.5 Å². The molecule has 2 N–H and O–H groups in total. The SMILES string of the molecule is COc1ccc(S(=O)(=O)N2CCC[C@@H](C(=O)NCCCCCC(=O)O)C2)cc1. The molecule has 1 saturated heterocycles. The number of sulfonamides is 1. The highest BCUT2D eigenvalue weighted by molar-refractivity contribution is 7.89. The minimum absolute atomic E-state index is 0.134. The molecule has 0 spiro atoms. The van der Waals surface area contributed by atoms with E-state index in [0.717, 1.165) is 6.42 Å². The number of carbonyl (C=O) groups excluding carboxylic acids is 1. The molecule has 1 atom stereocenters. The van der Waals surface area contributed by atoms with Gasteiger partial charge < -0.3 is 15.2 Å². The van der Waals surface area contributed by atoms with E-state index in [4.69, 9.17) is 9.84 Å². The minimum atomic E-state index is -3.65. The summed E-state index contributed by atoms with van der Waals surface area (Å²) in [5.74, 6) is -0.753. The number of piperidine rings is 1. The first-order valence-electron chi connectivity index (χ1n) is 9.48. The molecular formula is C19H28N2O6S. The smallest absolute Gasteiger partial charge is 0.303 e. The molecule has 156 valence electrons. The number of carboxylic acid groups (broad SMARTS) is 1. The standard InChI is InChI=1S/C19H28N2O6S/c1-27-16-8-10-17(11-9-16)28(25,26)21-13-5-6-15(14-21)19(24)20-12-4-2-3-7-18(22)23/h8-11,15H,2-7,12-14H2,1H3,(H,20,24)(H,22,23)/t15-/m1/s1. The van der Waals surface area contributed by atoms with Gasteiger partial charge in [0.1, 0.15) is 5.75 Å². The summed E-state index contributed by atoms with van der Waals surface area (Å²) in [4.78, 5) is 23.0. The van der Waals surface area contributed by atoms with Crippen LogP contribution in [0, 0.1) is 5.92 Å². The van der Waals surface area contributed by atoms with Gasteiger partial charge in [0.25, 0.3) is 0 Å². The van der Waals surface area contributed by atoms with Crippen LogP contribution in [0.3, 0.4) is 0 Å². The van der Waals surface area contributed by atoms with Crippen LogP contribution < -0.4 is 10.1 Å². The number of ether oxygens (including phenoxy) is 1. The van der Waals surface area contributed by atoms with E-state index in [0.29, 0.717) is 44.5 Å². The van der Waals surface area contributed by atoms with Crippen molar-refractivity contribution >= 4 is 21.9 Å². The van der Waals surface area contributed by atoms with Gasteiger partial charge in [-0.05, 0) is 49.9 Å². The maximum absolute atomic E-state index is 12.8. The van der Waals surface area contributed by atoms with Crippen LogP contribution in [-0.4, -0.2) is 56.5 Å². The fourth-order valence-electron chi connectivity index (χ4n) is 3.21. The number of carboxylic acids is 1. The first-order valence-corrected chi connectivity index (χ1v) is 10.9. The molecule has 1 aliphatic heterocycles. The first kappa shape index (κ1) is 22.2. The fourth-order valence-corrected chi connectivity index (χ4v) is 4.73. The Balaban J connectivity index is 1.86. The highest BCUT2D eigenvalue weighted by Crippen LogP contribution is 2.25. The Morgan fingerprint density at radius 1 is 1.21 bits per heavy atom. The van der Waals surface area contributed by atoms with Crippen molar-refractivity contribution in [2.45, 2.75) is 43.4 Å². The van der Waals surface area contributed by atoms with E-state index in [2.05, 4.69) is 5.32 Å². The average molecular weight is 413 g/mol. The molecule has 0 aromatic heterocycles. The monoisotopic (exact) mass is 412 g/mol. The van der Waals surface area contributed by atoms with Crippen LogP contribution in [0.5, 0.6) is 5.75 Å². The Morgan fingerprint density at radius 3 is 2.57 bits per heavy atom. The molecule has 1 aromatic carbocycles. The van der Waals surface area contributed by atoms with Gasteiger partial charge in [-0.1, -0.05) is 6.42 Å². The Bertz CT molecular complexity index is 763. The van der Waals surface area contributed by atoms with Crippen molar-refractivity contribution in [3.8, 4) is 5.75 Å². The van der Waals surface area contributed by atoms with Gasteiger partial charge in [0.15, 0.2) is 0 Å². The van der Waals surface area contributed by atoms with Crippen LogP contribution in [0.25, 0.3) is 0 Å². The van der Waals surface area contributed by atoms with Crippen molar-refractivity contribution in [1.29, 1.82) is 0 Å². The number of aliphatic carboxylic acids is 1. The molecule has 1 heterocycles. The number of carbonyl (C=O) groups is 2. The van der Waals surface area contributed by atoms with Crippen molar-refractivity contribution in [1.82, 2.24) is 9.62 Å². The minimum Gasteiger partial charge on any atom is -0.497 e. The van der Waals surface area contributed by atoms with Crippen molar-refractivity contribution in [2.75, 3.05) is 26.7 Å². The van der Waals surface area contributed by atoms with Crippen LogP contribution in [0.2, 0.25) is 0 Å². The third kappa shape index (κ3) is 6.20. The summed E-state index contributed by atoms with van der Waals surface area (Å²) in [7, 11) is -2.13. The fraction of sp³-hybridized carbons (Fsp3) is 0.579. The molecule has 28 heavy (non-hydrogen) atoms. The molecule has 1 aromatic rings. The van der Waals surface area contributed by atoms with Crippen LogP contribution >= 0.6 is 0 Å². The molecule has 1 fully saturated rings. The van der Waals surface area contributed by atoms with Crippen molar-refractivity contribution in [3.05, 3.63) is 24.3 Å². The van der Waals surface area contributed by atoms with E-state index in [1.165, 1.54) is 23.5 Å². The third-order valence-electron chi connectivity index (χ3n) is 4.82. The summed E-state index contributed by atoms with van der Waals surface area (Å²) in [6.07, 6.45) is 3.44. The number of rotatable bonds is 10. The summed E-state index contributed by atoms with van der Waals surface area (Å²) in [5.41, 5.74) is 0. The summed E-state index contributed by atoms with van der Waals surface area (Å²) in [5, 5.41) is 11.4. The first-order chi connectivity index (χ1) is 13.3. The molecular weight excluding hydrogens is 384 g/mol. The van der Waals surface area contributed by atoms with E-state index in [1.54, 1.807) is 12.1 Å². The van der Waals surface area contributed by atoms with E-state index in [-0.39, 0.29) is 29.7 Å². The van der Waals surface area contributed by atoms with E-state index in [1.807, 2.05) is 0 Å². The highest BCUT2D eigenvalue weighted by Gasteiger charge is 2.33. The zero-order valence-electron chi connectivity index (χ0n) is 16.1. The Labute approximate surface area is 165 Å². The lowest BCUT2D eigenvalue weighted by Crippen LogP contribution is -2.45. The number of unbranched alkanes of at least 4 members (excludes halogenated alkanes) is 2. The lowest BCUT2D eigenvalue weighted by molar-refractivity contribution is -0.137. The Kier molecular flexibility index (Phi) is 8.25. The number of hydrogen-bond acceptors (Lipinski definition) is 5. The molecule has 9 heteroatoms. The van der Waals surface area contributed by atoms with E-state index < -0.39 is 16.0 Å². The molecule has 1 aliphatic rings. The number of nitrogens with one attached hydrogen (secondary N) is 1. The largest absolute Gasteiger partial charge is 0.497 e. The van der Waals surface area contributed by atoms with Crippen LogP contribution in [-0.2, 0) is 19.6 Å². The molecule has 8 nitrogen and oxygen atoms in total. The van der Waals surface area contributed by atoms with Gasteiger partial charge in [-0.25, -0.2) is 8.42 Å². The summed E-state index contributed by atoms with van der Waals surface area (Å²) >= 11 is 0. The van der Waals surface area contributed by atoms with Gasteiger partial charge in [0.05, 0.1) is 17.9 Å². The molecule has 0 radical (unpaired) electrons. The molecule has 0 unspecified atom stereocenters. The van der Waals surface area contributed by atoms with E-state index in [9.17, 15) is 18.0 Å². The number of hydrogen-bond donors (Lipinski definition) is 2. The lowest BCUT2D eigenvalue weighted by Gasteiger charge is -2.31. The molecule has 1 amide bonds. The van der Waals surface area contributed by atoms with Crippen LogP contribution in [0.15, 0.2) is 29.2 Å². The van der Waals surface area contributed by atoms with Gasteiger partial charge in [0, 0.05) is 26.1 Å². The van der Waals surface area contributed by atoms with Gasteiger partial charge in [-0.15, -0.1) is 0 Å². The normalized spacial score (nSPS) is 17.8. The van der Waals surface area contributed by atoms with Gasteiger partial charge in [0.2, 0.25) is 15.9 Å².